The maximum absolute atomic E-state index is 3.84. The molecule has 0 fully saturated rings. The third kappa shape index (κ3) is 4.08. The van der Waals surface area contributed by atoms with Crippen molar-refractivity contribution >= 4 is 9.24 Å². The third-order valence-corrected chi connectivity index (χ3v) is 1.57. The molecule has 0 N–H and O–H groups in total. The molecular weight excluding hydrogens is 115 g/mol. The third-order valence-electron chi connectivity index (χ3n) is 0.991. The Morgan fingerprint density at radius 3 is 2.62 bits per heavy atom. The minimum atomic E-state index is 1.02. The first kappa shape index (κ1) is 7.91. The average molecular weight is 128 g/mol. The Hall–Kier alpha value is -0.0900. The molecule has 0 saturated carbocycles. The van der Waals surface area contributed by atoms with Gasteiger partial charge < -0.3 is 0 Å². The number of allylic oxidation sites excluding steroid dienone is 2. The standard InChI is InChI=1S/C7H13P/c1-3-4-5-7(2)6-8/h3H,1-2,4-6,8H2. The lowest BCUT2D eigenvalue weighted by Crippen LogP contribution is -1.78. The van der Waals surface area contributed by atoms with E-state index in [-0.39, 0.29) is 0 Å². The highest BCUT2D eigenvalue weighted by Crippen LogP contribution is 2.04. The number of hydrogen-bond acceptors (Lipinski definition) is 0. The highest BCUT2D eigenvalue weighted by molar-refractivity contribution is 7.16. The van der Waals surface area contributed by atoms with Crippen LogP contribution in [0, 0.1) is 0 Å². The van der Waals surface area contributed by atoms with Gasteiger partial charge in [0.1, 0.15) is 0 Å². The molecule has 0 amide bonds. The van der Waals surface area contributed by atoms with E-state index >= 15 is 0 Å². The van der Waals surface area contributed by atoms with Crippen molar-refractivity contribution in [3.05, 3.63) is 24.8 Å². The summed E-state index contributed by atoms with van der Waals surface area (Å²) in [4.78, 5) is 0. The Labute approximate surface area is 53.9 Å². The zero-order valence-corrected chi connectivity index (χ0v) is 6.34. The molecule has 46 valence electrons. The molecule has 0 saturated heterocycles. The largest absolute Gasteiger partial charge is 0.133 e. The summed E-state index contributed by atoms with van der Waals surface area (Å²) < 4.78 is 0. The molecule has 1 atom stereocenters. The van der Waals surface area contributed by atoms with Gasteiger partial charge in [0.15, 0.2) is 0 Å². The molecule has 1 heteroatoms. The van der Waals surface area contributed by atoms with Crippen LogP contribution in [-0.4, -0.2) is 6.16 Å². The Bertz CT molecular complexity index is 84.4. The lowest BCUT2D eigenvalue weighted by atomic mass is 10.2. The van der Waals surface area contributed by atoms with Gasteiger partial charge in [0.2, 0.25) is 0 Å². The second-order valence-electron chi connectivity index (χ2n) is 1.78. The molecule has 0 aromatic heterocycles. The van der Waals surface area contributed by atoms with Crippen LogP contribution in [0.4, 0.5) is 0 Å². The van der Waals surface area contributed by atoms with Gasteiger partial charge in [-0.3, -0.25) is 0 Å². The predicted molar refractivity (Wildman–Crippen MR) is 43.1 cm³/mol. The van der Waals surface area contributed by atoms with Crippen molar-refractivity contribution in [2.45, 2.75) is 12.8 Å². The maximum Gasteiger partial charge on any atom is -0.0172 e. The molecule has 0 aromatic carbocycles. The van der Waals surface area contributed by atoms with E-state index in [0.29, 0.717) is 0 Å². The van der Waals surface area contributed by atoms with Crippen LogP contribution in [0.5, 0.6) is 0 Å². The maximum atomic E-state index is 3.84. The van der Waals surface area contributed by atoms with Crippen LogP contribution in [0.2, 0.25) is 0 Å². The predicted octanol–water partition coefficient (Wildman–Crippen LogP) is 2.38. The van der Waals surface area contributed by atoms with Crippen LogP contribution < -0.4 is 0 Å². The van der Waals surface area contributed by atoms with E-state index in [1.54, 1.807) is 0 Å². The summed E-state index contributed by atoms with van der Waals surface area (Å²) in [5.41, 5.74) is 1.29. The van der Waals surface area contributed by atoms with Crippen molar-refractivity contribution in [3.8, 4) is 0 Å². The second-order valence-corrected chi connectivity index (χ2v) is 2.19. The van der Waals surface area contributed by atoms with Gasteiger partial charge in [0.05, 0.1) is 0 Å². The molecule has 8 heavy (non-hydrogen) atoms. The molecule has 0 spiro atoms. The van der Waals surface area contributed by atoms with Crippen LogP contribution in [0.25, 0.3) is 0 Å². The fourth-order valence-corrected chi connectivity index (χ4v) is 0.612. The molecule has 0 bridgehead atoms. The number of rotatable bonds is 4. The van der Waals surface area contributed by atoms with Gasteiger partial charge in [-0.05, 0) is 19.0 Å². The van der Waals surface area contributed by atoms with Gasteiger partial charge in [0, 0.05) is 0 Å². The van der Waals surface area contributed by atoms with E-state index in [2.05, 4.69) is 22.4 Å². The van der Waals surface area contributed by atoms with E-state index in [1.807, 2.05) is 6.08 Å². The first-order chi connectivity index (χ1) is 3.81. The summed E-state index contributed by atoms with van der Waals surface area (Å²) in [7, 11) is 2.66. The fraction of sp³-hybridized carbons (Fsp3) is 0.429. The Kier molecular flexibility index (Phi) is 5.00. The van der Waals surface area contributed by atoms with Gasteiger partial charge in [-0.1, -0.05) is 18.2 Å². The molecule has 0 radical (unpaired) electrons. The van der Waals surface area contributed by atoms with Crippen molar-refractivity contribution in [3.63, 3.8) is 0 Å². The number of hydrogen-bond donors (Lipinski definition) is 0. The quantitative estimate of drug-likeness (QED) is 0.403. The lowest BCUT2D eigenvalue weighted by molar-refractivity contribution is 0.991. The van der Waals surface area contributed by atoms with E-state index < -0.39 is 0 Å². The van der Waals surface area contributed by atoms with Crippen LogP contribution in [0.15, 0.2) is 24.8 Å². The summed E-state index contributed by atoms with van der Waals surface area (Å²) >= 11 is 0. The highest BCUT2D eigenvalue weighted by atomic mass is 31.0. The van der Waals surface area contributed by atoms with Gasteiger partial charge in [-0.15, -0.1) is 15.8 Å². The zero-order valence-electron chi connectivity index (χ0n) is 5.19. The summed E-state index contributed by atoms with van der Waals surface area (Å²) in [5, 5.41) is 0. The molecule has 1 unspecified atom stereocenters. The van der Waals surface area contributed by atoms with Gasteiger partial charge >= 0.3 is 0 Å². The summed E-state index contributed by atoms with van der Waals surface area (Å²) in [6, 6.07) is 0. The Morgan fingerprint density at radius 2 is 2.25 bits per heavy atom. The van der Waals surface area contributed by atoms with Crippen LogP contribution in [0.1, 0.15) is 12.8 Å². The highest BCUT2D eigenvalue weighted by Gasteiger charge is 1.85. The zero-order chi connectivity index (χ0) is 6.41. The molecule has 0 aliphatic rings. The van der Waals surface area contributed by atoms with Crippen molar-refractivity contribution in [2.24, 2.45) is 0 Å². The SMILES string of the molecule is C=CCCC(=C)CP. The monoisotopic (exact) mass is 128 g/mol. The molecule has 0 heterocycles. The molecule has 0 rings (SSSR count). The minimum absolute atomic E-state index is 1.02. The van der Waals surface area contributed by atoms with Crippen molar-refractivity contribution in [1.29, 1.82) is 0 Å². The van der Waals surface area contributed by atoms with E-state index in [0.717, 1.165) is 19.0 Å². The van der Waals surface area contributed by atoms with E-state index in [9.17, 15) is 0 Å². The molecule has 0 nitrogen and oxygen atoms in total. The van der Waals surface area contributed by atoms with Crippen molar-refractivity contribution in [2.75, 3.05) is 6.16 Å². The van der Waals surface area contributed by atoms with Crippen LogP contribution in [0.3, 0.4) is 0 Å². The first-order valence-electron chi connectivity index (χ1n) is 2.79. The van der Waals surface area contributed by atoms with E-state index in [1.165, 1.54) is 5.57 Å². The van der Waals surface area contributed by atoms with Crippen LogP contribution >= 0.6 is 9.24 Å². The molecular formula is C7H13P. The normalized spacial score (nSPS) is 8.62. The molecule has 0 aromatic rings. The van der Waals surface area contributed by atoms with Gasteiger partial charge in [-0.2, -0.15) is 0 Å². The van der Waals surface area contributed by atoms with Crippen LogP contribution in [-0.2, 0) is 0 Å². The fourth-order valence-electron chi connectivity index (χ4n) is 0.408. The van der Waals surface area contributed by atoms with Gasteiger partial charge in [-0.25, -0.2) is 0 Å². The lowest BCUT2D eigenvalue weighted by Gasteiger charge is -1.95. The van der Waals surface area contributed by atoms with Crippen molar-refractivity contribution in [1.82, 2.24) is 0 Å². The summed E-state index contributed by atoms with van der Waals surface area (Å²) in [5.74, 6) is 0. The average Bonchev–Trinajstić information content (AvgIpc) is 1.83. The summed E-state index contributed by atoms with van der Waals surface area (Å²) in [6.45, 7) is 7.46. The van der Waals surface area contributed by atoms with Gasteiger partial charge in [0.25, 0.3) is 0 Å². The van der Waals surface area contributed by atoms with Crippen molar-refractivity contribution < 1.29 is 0 Å². The topological polar surface area (TPSA) is 0 Å². The Balaban J connectivity index is 3.11. The second kappa shape index (κ2) is 5.05. The molecule has 0 aliphatic carbocycles. The van der Waals surface area contributed by atoms with E-state index in [4.69, 9.17) is 0 Å². The molecule has 0 aliphatic heterocycles. The first-order valence-corrected chi connectivity index (χ1v) is 3.60. The minimum Gasteiger partial charge on any atom is -0.133 e. The Morgan fingerprint density at radius 1 is 1.62 bits per heavy atom. The summed E-state index contributed by atoms with van der Waals surface area (Å²) in [6.07, 6.45) is 5.10. The smallest absolute Gasteiger partial charge is 0.0172 e.